The van der Waals surface area contributed by atoms with E-state index in [1.165, 1.54) is 0 Å². The highest BCUT2D eigenvalue weighted by atomic mass is 32.2. The molecule has 0 unspecified atom stereocenters. The van der Waals surface area contributed by atoms with E-state index in [0.29, 0.717) is 32.4 Å². The molecule has 0 bridgehead atoms. The fraction of sp³-hybridized carbons (Fsp3) is 0.625. The number of hydrogen-bond acceptors (Lipinski definition) is 6. The molecular weight excluding hydrogens is 442 g/mol. The number of amides is 1. The molecular formula is C24H33N3O5S. The lowest BCUT2D eigenvalue weighted by molar-refractivity contribution is -0.149. The number of esters is 1. The van der Waals surface area contributed by atoms with Crippen LogP contribution in [0, 0.1) is 11.3 Å². The molecule has 3 rings (SSSR count). The van der Waals surface area contributed by atoms with E-state index in [1.807, 2.05) is 0 Å². The number of nitrogens with one attached hydrogen (secondary N) is 1. The van der Waals surface area contributed by atoms with Crippen molar-refractivity contribution >= 4 is 21.9 Å². The Balaban J connectivity index is 1.44. The van der Waals surface area contributed by atoms with E-state index in [-0.39, 0.29) is 11.3 Å². The zero-order valence-corrected chi connectivity index (χ0v) is 19.9. The lowest BCUT2D eigenvalue weighted by Crippen LogP contribution is -2.50. The first kappa shape index (κ1) is 25.2. The minimum absolute atomic E-state index is 0.0783. The molecule has 1 N–H and O–H groups in total. The summed E-state index contributed by atoms with van der Waals surface area (Å²) in [6.07, 6.45) is 8.42. The Bertz CT molecular complexity index is 955. The smallest absolute Gasteiger partial charge is 0.306 e. The SMILES string of the molecule is N#CC1(NC(=O)COC(=O)CCc2ccc(S(=O)(=O)N3CCCCCC3)cc2)CCCCC1. The Kier molecular flexibility index (Phi) is 8.87. The summed E-state index contributed by atoms with van der Waals surface area (Å²) in [5.74, 6) is -0.976. The van der Waals surface area contributed by atoms with Crippen molar-refractivity contribution in [3.8, 4) is 6.07 Å². The summed E-state index contributed by atoms with van der Waals surface area (Å²) in [6, 6.07) is 8.80. The molecule has 1 aliphatic heterocycles. The van der Waals surface area contributed by atoms with Crippen molar-refractivity contribution in [3.63, 3.8) is 0 Å². The van der Waals surface area contributed by atoms with Crippen molar-refractivity contribution in [2.24, 2.45) is 0 Å². The largest absolute Gasteiger partial charge is 0.456 e. The molecule has 1 aliphatic carbocycles. The molecule has 0 aromatic heterocycles. The van der Waals surface area contributed by atoms with E-state index in [2.05, 4.69) is 11.4 Å². The number of nitrogens with zero attached hydrogens (tertiary/aromatic N) is 2. The van der Waals surface area contributed by atoms with E-state index < -0.39 is 34.0 Å². The summed E-state index contributed by atoms with van der Waals surface area (Å²) in [7, 11) is -3.50. The first-order chi connectivity index (χ1) is 15.8. The van der Waals surface area contributed by atoms with Crippen molar-refractivity contribution in [2.75, 3.05) is 19.7 Å². The predicted octanol–water partition coefficient (Wildman–Crippen LogP) is 3.07. The minimum Gasteiger partial charge on any atom is -0.456 e. The number of sulfonamides is 1. The van der Waals surface area contributed by atoms with Gasteiger partial charge in [0.15, 0.2) is 6.61 Å². The van der Waals surface area contributed by atoms with Crippen LogP contribution in [0.3, 0.4) is 0 Å². The van der Waals surface area contributed by atoms with Crippen LogP contribution in [0.1, 0.15) is 69.8 Å². The Morgan fingerprint density at radius 3 is 2.21 bits per heavy atom. The van der Waals surface area contributed by atoms with Gasteiger partial charge in [0.05, 0.1) is 11.0 Å². The summed E-state index contributed by atoms with van der Waals surface area (Å²) in [6.45, 7) is 0.702. The first-order valence-electron chi connectivity index (χ1n) is 11.8. The van der Waals surface area contributed by atoms with Crippen LogP contribution in [-0.2, 0) is 30.8 Å². The van der Waals surface area contributed by atoms with Crippen LogP contribution in [0.5, 0.6) is 0 Å². The fourth-order valence-electron chi connectivity index (χ4n) is 4.45. The maximum Gasteiger partial charge on any atom is 0.306 e. The molecule has 1 saturated carbocycles. The Hall–Kier alpha value is -2.44. The van der Waals surface area contributed by atoms with Gasteiger partial charge in [-0.3, -0.25) is 9.59 Å². The van der Waals surface area contributed by atoms with Crippen LogP contribution >= 0.6 is 0 Å². The second kappa shape index (κ2) is 11.6. The van der Waals surface area contributed by atoms with Crippen LogP contribution in [0.25, 0.3) is 0 Å². The summed E-state index contributed by atoms with van der Waals surface area (Å²) in [5, 5.41) is 12.1. The number of nitriles is 1. The van der Waals surface area contributed by atoms with Crippen LogP contribution in [0.4, 0.5) is 0 Å². The molecule has 2 fully saturated rings. The zero-order valence-electron chi connectivity index (χ0n) is 19.1. The van der Waals surface area contributed by atoms with Crippen molar-refractivity contribution in [2.45, 2.75) is 81.1 Å². The van der Waals surface area contributed by atoms with Crippen LogP contribution in [-0.4, -0.2) is 49.8 Å². The maximum absolute atomic E-state index is 12.8. The number of benzene rings is 1. The fourth-order valence-corrected chi connectivity index (χ4v) is 5.96. The number of aryl methyl sites for hydroxylation is 1. The average Bonchev–Trinajstić information content (AvgIpc) is 3.13. The minimum atomic E-state index is -3.50. The maximum atomic E-state index is 12.8. The van der Waals surface area contributed by atoms with Gasteiger partial charge >= 0.3 is 5.97 Å². The molecule has 0 spiro atoms. The summed E-state index contributed by atoms with van der Waals surface area (Å²) in [5.41, 5.74) is -0.0335. The third kappa shape index (κ3) is 7.02. The Morgan fingerprint density at radius 2 is 1.61 bits per heavy atom. The average molecular weight is 476 g/mol. The zero-order chi connectivity index (χ0) is 23.7. The molecule has 1 saturated heterocycles. The lowest BCUT2D eigenvalue weighted by Gasteiger charge is -2.31. The van der Waals surface area contributed by atoms with Crippen molar-refractivity contribution in [3.05, 3.63) is 29.8 Å². The molecule has 2 aliphatic rings. The summed E-state index contributed by atoms with van der Waals surface area (Å²) in [4.78, 5) is 24.5. The number of rotatable bonds is 8. The Morgan fingerprint density at radius 1 is 1.00 bits per heavy atom. The standard InChI is InChI=1S/C24H33N3O5S/c25-19-24(14-4-3-5-15-24)26-22(28)18-32-23(29)13-10-20-8-11-21(12-9-20)33(30,31)27-16-6-1-2-7-17-27/h8-9,11-12H,1-7,10,13-18H2,(H,26,28). The third-order valence-corrected chi connectivity index (χ3v) is 8.32. The van der Waals surface area contributed by atoms with Gasteiger partial charge in [-0.1, -0.05) is 44.2 Å². The molecule has 0 atom stereocenters. The molecule has 180 valence electrons. The number of hydrogen-bond donors (Lipinski definition) is 1. The number of ether oxygens (including phenoxy) is 1. The van der Waals surface area contributed by atoms with Gasteiger partial charge in [-0.05, 0) is 49.8 Å². The van der Waals surface area contributed by atoms with Gasteiger partial charge in [0.1, 0.15) is 5.54 Å². The highest BCUT2D eigenvalue weighted by molar-refractivity contribution is 7.89. The van der Waals surface area contributed by atoms with Gasteiger partial charge in [-0.25, -0.2) is 8.42 Å². The van der Waals surface area contributed by atoms with Crippen LogP contribution in [0.2, 0.25) is 0 Å². The van der Waals surface area contributed by atoms with Gasteiger partial charge < -0.3 is 10.1 Å². The second-order valence-corrected chi connectivity index (χ2v) is 10.9. The molecule has 9 heteroatoms. The first-order valence-corrected chi connectivity index (χ1v) is 13.3. The molecule has 1 aromatic carbocycles. The summed E-state index contributed by atoms with van der Waals surface area (Å²) < 4.78 is 32.3. The van der Waals surface area contributed by atoms with E-state index in [1.54, 1.807) is 28.6 Å². The van der Waals surface area contributed by atoms with Crippen molar-refractivity contribution < 1.29 is 22.7 Å². The monoisotopic (exact) mass is 475 g/mol. The molecule has 33 heavy (non-hydrogen) atoms. The normalized spacial score (nSPS) is 19.1. The van der Waals surface area contributed by atoms with E-state index >= 15 is 0 Å². The number of carbonyl (C=O) groups is 2. The van der Waals surface area contributed by atoms with Gasteiger partial charge in [-0.2, -0.15) is 9.57 Å². The van der Waals surface area contributed by atoms with E-state index in [9.17, 15) is 23.3 Å². The number of carbonyl (C=O) groups excluding carboxylic acids is 2. The second-order valence-electron chi connectivity index (χ2n) is 8.93. The molecule has 1 heterocycles. The molecule has 1 amide bonds. The molecule has 1 aromatic rings. The quantitative estimate of drug-likeness (QED) is 0.578. The van der Waals surface area contributed by atoms with Crippen molar-refractivity contribution in [1.82, 2.24) is 9.62 Å². The van der Waals surface area contributed by atoms with Crippen LogP contribution in [0.15, 0.2) is 29.2 Å². The lowest BCUT2D eigenvalue weighted by atomic mass is 9.83. The third-order valence-electron chi connectivity index (χ3n) is 6.41. The molecule has 0 radical (unpaired) electrons. The Labute approximate surface area is 196 Å². The topological polar surface area (TPSA) is 117 Å². The van der Waals surface area contributed by atoms with Crippen LogP contribution < -0.4 is 5.32 Å². The van der Waals surface area contributed by atoms with E-state index in [0.717, 1.165) is 50.5 Å². The summed E-state index contributed by atoms with van der Waals surface area (Å²) >= 11 is 0. The highest BCUT2D eigenvalue weighted by Gasteiger charge is 2.33. The van der Waals surface area contributed by atoms with Gasteiger partial charge in [-0.15, -0.1) is 0 Å². The highest BCUT2D eigenvalue weighted by Crippen LogP contribution is 2.27. The molecule has 8 nitrogen and oxygen atoms in total. The van der Waals surface area contributed by atoms with Gasteiger partial charge in [0.25, 0.3) is 5.91 Å². The van der Waals surface area contributed by atoms with Gasteiger partial charge in [0.2, 0.25) is 10.0 Å². The van der Waals surface area contributed by atoms with Gasteiger partial charge in [0, 0.05) is 19.5 Å². The van der Waals surface area contributed by atoms with E-state index in [4.69, 9.17) is 4.74 Å². The predicted molar refractivity (Wildman–Crippen MR) is 123 cm³/mol. The van der Waals surface area contributed by atoms with Crippen molar-refractivity contribution in [1.29, 1.82) is 5.26 Å².